The summed E-state index contributed by atoms with van der Waals surface area (Å²) in [6, 6.07) is 5.02. The maximum atomic E-state index is 11.6. The molecule has 14 heavy (non-hydrogen) atoms. The number of phenolic OH excluding ortho intramolecular Hbond substituents is 1. The lowest BCUT2D eigenvalue weighted by molar-refractivity contribution is 0.0993. The molecule has 0 aliphatic heterocycles. The number of aromatic hydroxyl groups is 1. The summed E-state index contributed by atoms with van der Waals surface area (Å²) in [7, 11) is 0. The van der Waals surface area contributed by atoms with Gasteiger partial charge in [0.15, 0.2) is 5.78 Å². The van der Waals surface area contributed by atoms with Gasteiger partial charge in [0.25, 0.3) is 0 Å². The highest BCUT2D eigenvalue weighted by Gasteiger charge is 2.16. The van der Waals surface area contributed by atoms with Crippen LogP contribution >= 0.6 is 31.9 Å². The van der Waals surface area contributed by atoms with E-state index in [1.165, 1.54) is 0 Å². The Hall–Kier alpha value is -0.350. The van der Waals surface area contributed by atoms with Crippen LogP contribution in [0.25, 0.3) is 0 Å². The van der Waals surface area contributed by atoms with Crippen molar-refractivity contribution in [1.29, 1.82) is 0 Å². The molecule has 0 aliphatic rings. The normalized spacial score (nSPS) is 12.5. The van der Waals surface area contributed by atoms with E-state index < -0.39 is 0 Å². The van der Waals surface area contributed by atoms with Crippen molar-refractivity contribution in [3.05, 3.63) is 29.3 Å². The Morgan fingerprint density at radius 3 is 2.71 bits per heavy atom. The minimum absolute atomic E-state index is 0.0333. The molecule has 0 aromatic heterocycles. The second-order valence-corrected chi connectivity index (χ2v) is 4.90. The molecule has 0 amide bonds. The van der Waals surface area contributed by atoms with E-state index in [4.69, 9.17) is 0 Å². The highest BCUT2D eigenvalue weighted by molar-refractivity contribution is 9.10. The second kappa shape index (κ2) is 4.94. The molecule has 0 heterocycles. The van der Waals surface area contributed by atoms with Crippen LogP contribution in [0.15, 0.2) is 18.2 Å². The summed E-state index contributed by atoms with van der Waals surface area (Å²) in [6.45, 7) is 1.74. The maximum absolute atomic E-state index is 11.6. The average molecular weight is 322 g/mol. The molecular formula is C10H10Br2O2. The summed E-state index contributed by atoms with van der Waals surface area (Å²) >= 11 is 6.48. The van der Waals surface area contributed by atoms with E-state index in [1.807, 2.05) is 0 Å². The fraction of sp³-hybridized carbons (Fsp3) is 0.300. The van der Waals surface area contributed by atoms with Crippen molar-refractivity contribution >= 4 is 37.6 Å². The molecule has 1 rings (SSSR count). The Kier molecular flexibility index (Phi) is 4.13. The fourth-order valence-corrected chi connectivity index (χ4v) is 1.67. The minimum atomic E-state index is -0.279. The zero-order valence-corrected chi connectivity index (χ0v) is 10.8. The third-order valence-corrected chi connectivity index (χ3v) is 2.91. The number of benzene rings is 1. The van der Waals surface area contributed by atoms with Crippen LogP contribution in [0.5, 0.6) is 5.75 Å². The number of carbonyl (C=O) groups is 1. The monoisotopic (exact) mass is 320 g/mol. The highest BCUT2D eigenvalue weighted by atomic mass is 79.9. The van der Waals surface area contributed by atoms with Gasteiger partial charge in [-0.25, -0.2) is 0 Å². The van der Waals surface area contributed by atoms with Gasteiger partial charge in [0.2, 0.25) is 0 Å². The van der Waals surface area contributed by atoms with Crippen molar-refractivity contribution < 1.29 is 9.90 Å². The number of hydrogen-bond donors (Lipinski definition) is 1. The number of halogens is 2. The molecule has 1 unspecified atom stereocenters. The van der Waals surface area contributed by atoms with Crippen LogP contribution in [-0.4, -0.2) is 15.7 Å². The molecule has 0 bridgehead atoms. The van der Waals surface area contributed by atoms with Crippen molar-refractivity contribution in [2.45, 2.75) is 17.1 Å². The van der Waals surface area contributed by atoms with Gasteiger partial charge >= 0.3 is 0 Å². The van der Waals surface area contributed by atoms with E-state index in [-0.39, 0.29) is 16.4 Å². The van der Waals surface area contributed by atoms with E-state index in [1.54, 1.807) is 25.1 Å². The van der Waals surface area contributed by atoms with Crippen LogP contribution in [0, 0.1) is 0 Å². The van der Waals surface area contributed by atoms with Gasteiger partial charge in [0.1, 0.15) is 5.75 Å². The van der Waals surface area contributed by atoms with Crippen molar-refractivity contribution in [1.82, 2.24) is 0 Å². The maximum Gasteiger partial charge on any atom is 0.179 e. The molecular weight excluding hydrogens is 312 g/mol. The second-order valence-electron chi connectivity index (χ2n) is 2.97. The van der Waals surface area contributed by atoms with Crippen molar-refractivity contribution in [2.75, 3.05) is 0 Å². The molecule has 0 aliphatic carbocycles. The molecule has 1 atom stereocenters. The fourth-order valence-electron chi connectivity index (χ4n) is 1.08. The lowest BCUT2D eigenvalue weighted by Gasteiger charge is -2.06. The number of phenols is 1. The molecule has 2 nitrogen and oxygen atoms in total. The molecule has 0 spiro atoms. The molecule has 4 heteroatoms. The first-order valence-corrected chi connectivity index (χ1v) is 6.16. The highest BCUT2D eigenvalue weighted by Crippen LogP contribution is 2.23. The van der Waals surface area contributed by atoms with Gasteiger partial charge in [-0.2, -0.15) is 0 Å². The van der Waals surface area contributed by atoms with Crippen molar-refractivity contribution in [3.63, 3.8) is 0 Å². The largest absolute Gasteiger partial charge is 0.507 e. The van der Waals surface area contributed by atoms with Crippen LogP contribution in [0.3, 0.4) is 0 Å². The summed E-state index contributed by atoms with van der Waals surface area (Å²) in [5.74, 6) is -0.0729. The van der Waals surface area contributed by atoms with E-state index in [0.717, 1.165) is 5.56 Å². The van der Waals surface area contributed by atoms with Gasteiger partial charge in [0.05, 0.1) is 10.4 Å². The Bertz CT molecular complexity index is 348. The first-order chi connectivity index (χ1) is 6.56. The number of Topliss-reactive ketones (excluding diaryl/α,β-unsaturated/α-hetero) is 1. The molecule has 1 aromatic carbocycles. The predicted octanol–water partition coefficient (Wildman–Crippen LogP) is 3.25. The summed E-state index contributed by atoms with van der Waals surface area (Å²) in [6.07, 6.45) is 0. The lowest BCUT2D eigenvalue weighted by Crippen LogP contribution is -2.10. The number of hydrogen-bond acceptors (Lipinski definition) is 2. The van der Waals surface area contributed by atoms with E-state index in [9.17, 15) is 9.90 Å². The van der Waals surface area contributed by atoms with Crippen molar-refractivity contribution in [3.8, 4) is 5.75 Å². The van der Waals surface area contributed by atoms with Gasteiger partial charge in [-0.3, -0.25) is 4.79 Å². The third-order valence-electron chi connectivity index (χ3n) is 1.84. The topological polar surface area (TPSA) is 37.3 Å². The molecule has 0 radical (unpaired) electrons. The SMILES string of the molecule is CC(Br)C(=O)c1cc(CBr)ccc1O. The molecule has 1 aromatic rings. The number of alkyl halides is 2. The van der Waals surface area contributed by atoms with Crippen LogP contribution < -0.4 is 0 Å². The predicted molar refractivity (Wildman–Crippen MR) is 63.5 cm³/mol. The molecule has 0 fully saturated rings. The quantitative estimate of drug-likeness (QED) is 0.685. The zero-order chi connectivity index (χ0) is 10.7. The van der Waals surface area contributed by atoms with Crippen LogP contribution in [-0.2, 0) is 5.33 Å². The molecule has 0 saturated heterocycles. The van der Waals surface area contributed by atoms with Gasteiger partial charge in [-0.15, -0.1) is 0 Å². The van der Waals surface area contributed by atoms with Gasteiger partial charge in [-0.1, -0.05) is 37.9 Å². The van der Waals surface area contributed by atoms with E-state index in [2.05, 4.69) is 31.9 Å². The molecule has 1 N–H and O–H groups in total. The van der Waals surface area contributed by atoms with E-state index in [0.29, 0.717) is 10.9 Å². The van der Waals surface area contributed by atoms with Gasteiger partial charge in [-0.05, 0) is 24.6 Å². The van der Waals surface area contributed by atoms with Crippen molar-refractivity contribution in [2.24, 2.45) is 0 Å². The molecule has 76 valence electrons. The number of ketones is 1. The Balaban J connectivity index is 3.12. The standard InChI is InChI=1S/C10H10Br2O2/c1-6(12)10(14)8-4-7(5-11)2-3-9(8)13/h2-4,6,13H,5H2,1H3. The van der Waals surface area contributed by atoms with Crippen LogP contribution in [0.4, 0.5) is 0 Å². The van der Waals surface area contributed by atoms with E-state index >= 15 is 0 Å². The number of rotatable bonds is 3. The Labute approximate surface area is 99.6 Å². The summed E-state index contributed by atoms with van der Waals surface area (Å²) in [5.41, 5.74) is 1.34. The smallest absolute Gasteiger partial charge is 0.179 e. The van der Waals surface area contributed by atoms with Crippen LogP contribution in [0.1, 0.15) is 22.8 Å². The van der Waals surface area contributed by atoms with Gasteiger partial charge in [0, 0.05) is 5.33 Å². The zero-order valence-electron chi connectivity index (χ0n) is 7.63. The Morgan fingerprint density at radius 1 is 1.57 bits per heavy atom. The third kappa shape index (κ3) is 2.58. The molecule has 0 saturated carbocycles. The first kappa shape index (κ1) is 11.7. The summed E-state index contributed by atoms with van der Waals surface area (Å²) < 4.78 is 0. The average Bonchev–Trinajstić information content (AvgIpc) is 2.17. The van der Waals surface area contributed by atoms with Crippen LogP contribution in [0.2, 0.25) is 0 Å². The Morgan fingerprint density at radius 2 is 2.21 bits per heavy atom. The summed E-state index contributed by atoms with van der Waals surface area (Å²) in [5, 5.41) is 10.2. The number of carbonyl (C=O) groups excluding carboxylic acids is 1. The lowest BCUT2D eigenvalue weighted by atomic mass is 10.1. The summed E-state index contributed by atoms with van der Waals surface area (Å²) in [4.78, 5) is 11.3. The first-order valence-electron chi connectivity index (χ1n) is 4.12. The van der Waals surface area contributed by atoms with Gasteiger partial charge < -0.3 is 5.11 Å². The minimum Gasteiger partial charge on any atom is -0.507 e.